The summed E-state index contributed by atoms with van der Waals surface area (Å²) in [6.45, 7) is 0.911. The molecule has 2 N–H and O–H groups in total. The Hall–Kier alpha value is -1.42. The van der Waals surface area contributed by atoms with Crippen LogP contribution in [0.1, 0.15) is 16.9 Å². The summed E-state index contributed by atoms with van der Waals surface area (Å²) < 4.78 is 38.7. The molecule has 0 bridgehead atoms. The molecule has 9 heteroatoms. The van der Waals surface area contributed by atoms with E-state index in [1.54, 1.807) is 0 Å². The first-order valence-electron chi connectivity index (χ1n) is 6.32. The van der Waals surface area contributed by atoms with Crippen LogP contribution < -0.4 is 4.72 Å². The van der Waals surface area contributed by atoms with Crippen LogP contribution in [-0.4, -0.2) is 56.5 Å². The van der Waals surface area contributed by atoms with Crippen LogP contribution in [0.25, 0.3) is 0 Å². The number of carboxylic acids is 1. The summed E-state index contributed by atoms with van der Waals surface area (Å²) in [6.07, 6.45) is 1.86. The lowest BCUT2D eigenvalue weighted by molar-refractivity contribution is -0.0120. The van der Waals surface area contributed by atoms with Crippen LogP contribution in [0.5, 0.6) is 0 Å². The van der Waals surface area contributed by atoms with E-state index in [4.69, 9.17) is 14.6 Å². The molecule has 0 saturated carbocycles. The SMILES string of the molecule is COC1(CNS(=O)(=O)c2cc(C(=O)O)n(C)c2)CCOC1. The lowest BCUT2D eigenvalue weighted by Crippen LogP contribution is -2.44. The molecule has 1 fully saturated rings. The Morgan fingerprint density at radius 2 is 2.33 bits per heavy atom. The molecule has 0 radical (unpaired) electrons. The normalized spacial score (nSPS) is 22.6. The summed E-state index contributed by atoms with van der Waals surface area (Å²) in [5, 5.41) is 8.95. The molecule has 1 unspecified atom stereocenters. The minimum Gasteiger partial charge on any atom is -0.477 e. The predicted molar refractivity (Wildman–Crippen MR) is 72.7 cm³/mol. The standard InChI is InChI=1S/C12H18N2O6S/c1-14-6-9(5-10(14)11(15)16)21(17,18)13-7-12(19-2)3-4-20-8-12/h5-6,13H,3-4,7-8H2,1-2H3,(H,15,16). The van der Waals surface area contributed by atoms with Crippen molar-refractivity contribution >= 4 is 16.0 Å². The molecule has 118 valence electrons. The van der Waals surface area contributed by atoms with E-state index in [2.05, 4.69) is 4.72 Å². The zero-order valence-electron chi connectivity index (χ0n) is 11.8. The topological polar surface area (TPSA) is 107 Å². The molecule has 0 spiro atoms. The van der Waals surface area contributed by atoms with Gasteiger partial charge in [-0.15, -0.1) is 0 Å². The van der Waals surface area contributed by atoms with Crippen molar-refractivity contribution in [1.82, 2.24) is 9.29 Å². The number of aryl methyl sites for hydroxylation is 1. The Morgan fingerprint density at radius 1 is 1.62 bits per heavy atom. The Morgan fingerprint density at radius 3 is 2.81 bits per heavy atom. The quantitative estimate of drug-likeness (QED) is 0.753. The van der Waals surface area contributed by atoms with E-state index in [1.165, 1.54) is 24.9 Å². The van der Waals surface area contributed by atoms with Gasteiger partial charge < -0.3 is 19.1 Å². The van der Waals surface area contributed by atoms with E-state index in [-0.39, 0.29) is 17.1 Å². The molecule has 0 aliphatic carbocycles. The fourth-order valence-electron chi connectivity index (χ4n) is 2.16. The van der Waals surface area contributed by atoms with Crippen molar-refractivity contribution in [2.24, 2.45) is 7.05 Å². The Bertz CT molecular complexity index is 630. The summed E-state index contributed by atoms with van der Waals surface area (Å²) in [5.74, 6) is -1.18. The largest absolute Gasteiger partial charge is 0.477 e. The molecule has 21 heavy (non-hydrogen) atoms. The molecule has 1 aromatic heterocycles. The Balaban J connectivity index is 2.15. The molecular formula is C12H18N2O6S. The third-order valence-electron chi connectivity index (χ3n) is 3.59. The third kappa shape index (κ3) is 3.26. The Labute approximate surface area is 122 Å². The molecule has 0 amide bonds. The van der Waals surface area contributed by atoms with Gasteiger partial charge in [0.05, 0.1) is 6.61 Å². The monoisotopic (exact) mass is 318 g/mol. The number of carboxylic acid groups (broad SMARTS) is 1. The highest BCUT2D eigenvalue weighted by molar-refractivity contribution is 7.89. The molecule has 8 nitrogen and oxygen atoms in total. The van der Waals surface area contributed by atoms with Crippen LogP contribution in [0, 0.1) is 0 Å². The van der Waals surface area contributed by atoms with Crippen molar-refractivity contribution < 1.29 is 27.8 Å². The van der Waals surface area contributed by atoms with E-state index >= 15 is 0 Å². The number of ether oxygens (including phenoxy) is 2. The number of sulfonamides is 1. The number of rotatable bonds is 6. The fraction of sp³-hybridized carbons (Fsp3) is 0.583. The second-order valence-corrected chi connectivity index (χ2v) is 6.76. The van der Waals surface area contributed by atoms with Crippen molar-refractivity contribution in [3.63, 3.8) is 0 Å². The second kappa shape index (κ2) is 5.76. The lowest BCUT2D eigenvalue weighted by atomic mass is 10.0. The number of nitrogens with one attached hydrogen (secondary N) is 1. The first-order valence-corrected chi connectivity index (χ1v) is 7.80. The van der Waals surface area contributed by atoms with Gasteiger partial charge in [-0.05, 0) is 6.07 Å². The summed E-state index contributed by atoms with van der Waals surface area (Å²) in [4.78, 5) is 10.9. The molecule has 1 atom stereocenters. The third-order valence-corrected chi connectivity index (χ3v) is 4.96. The van der Waals surface area contributed by atoms with Gasteiger partial charge in [0, 0.05) is 39.9 Å². The van der Waals surface area contributed by atoms with Crippen molar-refractivity contribution in [3.05, 3.63) is 18.0 Å². The van der Waals surface area contributed by atoms with Crippen LogP contribution in [0.2, 0.25) is 0 Å². The minimum atomic E-state index is -3.80. The average molecular weight is 318 g/mol. The first kappa shape index (κ1) is 16.0. The van der Waals surface area contributed by atoms with Crippen LogP contribution >= 0.6 is 0 Å². The average Bonchev–Trinajstić information content (AvgIpc) is 3.04. The van der Waals surface area contributed by atoms with E-state index < -0.39 is 21.6 Å². The second-order valence-electron chi connectivity index (χ2n) is 4.99. The van der Waals surface area contributed by atoms with Gasteiger partial charge in [0.1, 0.15) is 16.2 Å². The summed E-state index contributed by atoms with van der Waals surface area (Å²) in [7, 11) is -0.817. The molecule has 2 rings (SSSR count). The maximum Gasteiger partial charge on any atom is 0.352 e. The molecule has 1 aliphatic heterocycles. The van der Waals surface area contributed by atoms with Crippen LogP contribution in [0.15, 0.2) is 17.2 Å². The molecule has 2 heterocycles. The van der Waals surface area contributed by atoms with Crippen LogP contribution in [-0.2, 0) is 26.5 Å². The number of methoxy groups -OCH3 is 1. The van der Waals surface area contributed by atoms with Gasteiger partial charge in [-0.3, -0.25) is 0 Å². The number of aromatic nitrogens is 1. The van der Waals surface area contributed by atoms with E-state index in [0.717, 1.165) is 6.07 Å². The number of hydrogen-bond acceptors (Lipinski definition) is 5. The van der Waals surface area contributed by atoms with Crippen LogP contribution in [0.3, 0.4) is 0 Å². The van der Waals surface area contributed by atoms with E-state index in [9.17, 15) is 13.2 Å². The molecule has 0 aromatic carbocycles. The van der Waals surface area contributed by atoms with Crippen molar-refractivity contribution in [3.8, 4) is 0 Å². The zero-order valence-corrected chi connectivity index (χ0v) is 12.6. The Kier molecular flexibility index (Phi) is 4.38. The molecule has 1 aromatic rings. The van der Waals surface area contributed by atoms with Gasteiger partial charge in [-0.25, -0.2) is 17.9 Å². The van der Waals surface area contributed by atoms with Gasteiger partial charge in [-0.2, -0.15) is 0 Å². The highest BCUT2D eigenvalue weighted by Gasteiger charge is 2.36. The van der Waals surface area contributed by atoms with Gasteiger partial charge in [0.15, 0.2) is 0 Å². The molecule has 1 aliphatic rings. The molecule has 1 saturated heterocycles. The molecular weight excluding hydrogens is 300 g/mol. The van der Waals surface area contributed by atoms with Crippen molar-refractivity contribution in [2.45, 2.75) is 16.9 Å². The zero-order chi connectivity index (χ0) is 15.7. The van der Waals surface area contributed by atoms with Crippen molar-refractivity contribution in [1.29, 1.82) is 0 Å². The highest BCUT2D eigenvalue weighted by atomic mass is 32.2. The van der Waals surface area contributed by atoms with Gasteiger partial charge in [0.25, 0.3) is 0 Å². The number of aromatic carboxylic acids is 1. The maximum atomic E-state index is 12.2. The van der Waals surface area contributed by atoms with Gasteiger partial charge >= 0.3 is 5.97 Å². The number of nitrogens with zero attached hydrogens (tertiary/aromatic N) is 1. The summed E-state index contributed by atoms with van der Waals surface area (Å²) in [5.41, 5.74) is -0.765. The fourth-order valence-corrected chi connectivity index (χ4v) is 3.35. The summed E-state index contributed by atoms with van der Waals surface area (Å²) in [6, 6.07) is 1.12. The van der Waals surface area contributed by atoms with Gasteiger partial charge in [-0.1, -0.05) is 0 Å². The first-order chi connectivity index (χ1) is 9.80. The lowest BCUT2D eigenvalue weighted by Gasteiger charge is -2.25. The van der Waals surface area contributed by atoms with Crippen LogP contribution in [0.4, 0.5) is 0 Å². The van der Waals surface area contributed by atoms with Gasteiger partial charge in [0.2, 0.25) is 10.0 Å². The highest BCUT2D eigenvalue weighted by Crippen LogP contribution is 2.22. The minimum absolute atomic E-state index is 0.0726. The number of carbonyl (C=O) groups is 1. The van der Waals surface area contributed by atoms with Crippen molar-refractivity contribution in [2.75, 3.05) is 26.9 Å². The maximum absolute atomic E-state index is 12.2. The summed E-state index contributed by atoms with van der Waals surface area (Å²) >= 11 is 0. The van der Waals surface area contributed by atoms with E-state index in [1.807, 2.05) is 0 Å². The predicted octanol–water partition coefficient (Wildman–Crippen LogP) is -0.193. The van der Waals surface area contributed by atoms with E-state index in [0.29, 0.717) is 19.6 Å². The smallest absolute Gasteiger partial charge is 0.352 e. The number of hydrogen-bond donors (Lipinski definition) is 2.